The third-order valence-corrected chi connectivity index (χ3v) is 5.67. The van der Waals surface area contributed by atoms with Crippen LogP contribution < -0.4 is 5.32 Å². The summed E-state index contributed by atoms with van der Waals surface area (Å²) in [5, 5.41) is 3.37. The number of aromatic nitrogens is 3. The normalized spacial score (nSPS) is 12.3. The van der Waals surface area contributed by atoms with Crippen molar-refractivity contribution in [1.29, 1.82) is 0 Å². The van der Waals surface area contributed by atoms with Crippen molar-refractivity contribution >= 4 is 26.8 Å². The first-order valence-corrected chi connectivity index (χ1v) is 11.7. The number of sulfone groups is 1. The molecule has 8 heteroatoms. The van der Waals surface area contributed by atoms with Crippen molar-refractivity contribution in [3.8, 4) is 22.5 Å². The van der Waals surface area contributed by atoms with Gasteiger partial charge < -0.3 is 9.73 Å². The number of nitrogens with zero attached hydrogens (tertiary/aromatic N) is 3. The minimum Gasteiger partial charge on any atom is -0.454 e. The lowest BCUT2D eigenvalue weighted by Crippen LogP contribution is -2.19. The number of rotatable bonds is 5. The Morgan fingerprint density at radius 1 is 0.935 bits per heavy atom. The van der Waals surface area contributed by atoms with Crippen LogP contribution in [0.2, 0.25) is 0 Å². The molecule has 0 aliphatic heterocycles. The van der Waals surface area contributed by atoms with E-state index in [0.717, 1.165) is 29.7 Å². The topological polar surface area (TPSA) is 98.0 Å². The molecule has 0 aromatic carbocycles. The van der Waals surface area contributed by atoms with Crippen LogP contribution in [0.4, 0.5) is 5.82 Å². The molecule has 7 nitrogen and oxygen atoms in total. The molecule has 0 amide bonds. The van der Waals surface area contributed by atoms with Gasteiger partial charge in [0.15, 0.2) is 20.4 Å². The molecule has 4 rings (SSSR count). The molecular formula is C23H24N4O3S. The van der Waals surface area contributed by atoms with Crippen LogP contribution in [0.25, 0.3) is 33.6 Å². The van der Waals surface area contributed by atoms with Crippen LogP contribution in [0, 0.1) is 5.41 Å². The van der Waals surface area contributed by atoms with Crippen molar-refractivity contribution in [2.75, 3.05) is 18.1 Å². The molecule has 4 aromatic rings. The summed E-state index contributed by atoms with van der Waals surface area (Å²) in [4.78, 5) is 12.8. The second kappa shape index (κ2) is 7.77. The lowest BCUT2D eigenvalue weighted by Gasteiger charge is -2.19. The molecule has 0 aliphatic rings. The summed E-state index contributed by atoms with van der Waals surface area (Å²) in [6.45, 7) is 7.26. The monoisotopic (exact) mass is 436 g/mol. The van der Waals surface area contributed by atoms with Crippen molar-refractivity contribution in [3.05, 3.63) is 55.0 Å². The molecule has 1 N–H and O–H groups in total. The highest BCUT2D eigenvalue weighted by Gasteiger charge is 2.16. The van der Waals surface area contributed by atoms with Crippen LogP contribution in [0.5, 0.6) is 0 Å². The predicted molar refractivity (Wildman–Crippen MR) is 122 cm³/mol. The zero-order valence-electron chi connectivity index (χ0n) is 17.9. The van der Waals surface area contributed by atoms with Gasteiger partial charge in [-0.15, -0.1) is 0 Å². The van der Waals surface area contributed by atoms with Crippen molar-refractivity contribution in [2.45, 2.75) is 25.8 Å². The highest BCUT2D eigenvalue weighted by atomic mass is 32.2. The Balaban J connectivity index is 1.74. The molecule has 0 unspecified atom stereocenters. The highest BCUT2D eigenvalue weighted by molar-refractivity contribution is 7.90. The van der Waals surface area contributed by atoms with E-state index in [9.17, 15) is 8.42 Å². The maximum Gasteiger partial charge on any atom is 0.192 e. The zero-order valence-corrected chi connectivity index (χ0v) is 18.7. The van der Waals surface area contributed by atoms with Crippen LogP contribution in [-0.2, 0) is 9.84 Å². The minimum atomic E-state index is -3.42. The molecule has 0 saturated heterocycles. The van der Waals surface area contributed by atoms with Crippen molar-refractivity contribution in [3.63, 3.8) is 0 Å². The summed E-state index contributed by atoms with van der Waals surface area (Å²) in [5.41, 5.74) is 3.73. The molecule has 31 heavy (non-hydrogen) atoms. The third-order valence-electron chi connectivity index (χ3n) is 4.68. The maximum absolute atomic E-state index is 11.9. The number of nitrogens with one attached hydrogen (secondary N) is 1. The smallest absolute Gasteiger partial charge is 0.192 e. The van der Waals surface area contributed by atoms with Gasteiger partial charge in [0, 0.05) is 48.6 Å². The molecular weight excluding hydrogens is 412 g/mol. The Labute approximate surface area is 181 Å². The fraction of sp³-hybridized carbons (Fsp3) is 0.261. The van der Waals surface area contributed by atoms with Crippen molar-refractivity contribution < 1.29 is 12.8 Å². The Bertz CT molecular complexity index is 1350. The molecule has 160 valence electrons. The maximum atomic E-state index is 11.9. The number of fused-ring (bicyclic) bond motifs is 1. The fourth-order valence-electron chi connectivity index (χ4n) is 3.12. The SMILES string of the molecule is CC(C)(C)CNc1cc(-c2cc3nccc(-c4ccnc(S(C)(=O)=O)c4)c3o2)ccn1. The van der Waals surface area contributed by atoms with Crippen LogP contribution in [0.15, 0.2) is 64.4 Å². The summed E-state index contributed by atoms with van der Waals surface area (Å²) in [7, 11) is -3.42. The second-order valence-electron chi connectivity index (χ2n) is 8.68. The molecule has 4 aromatic heterocycles. The second-order valence-corrected chi connectivity index (χ2v) is 10.6. The van der Waals surface area contributed by atoms with E-state index in [1.54, 1.807) is 30.6 Å². The van der Waals surface area contributed by atoms with Gasteiger partial charge in [0.25, 0.3) is 0 Å². The lowest BCUT2D eigenvalue weighted by atomic mass is 9.97. The van der Waals surface area contributed by atoms with Crippen LogP contribution >= 0.6 is 0 Å². The Morgan fingerprint density at radius 3 is 2.39 bits per heavy atom. The Morgan fingerprint density at radius 2 is 1.65 bits per heavy atom. The summed E-state index contributed by atoms with van der Waals surface area (Å²) in [5.74, 6) is 1.43. The van der Waals surface area contributed by atoms with Gasteiger partial charge >= 0.3 is 0 Å². The van der Waals surface area contributed by atoms with Gasteiger partial charge in [-0.25, -0.2) is 18.4 Å². The van der Waals surface area contributed by atoms with E-state index in [4.69, 9.17) is 4.42 Å². The average Bonchev–Trinajstić information content (AvgIpc) is 3.16. The van der Waals surface area contributed by atoms with E-state index >= 15 is 0 Å². The van der Waals surface area contributed by atoms with E-state index < -0.39 is 9.84 Å². The highest BCUT2D eigenvalue weighted by Crippen LogP contribution is 2.34. The largest absolute Gasteiger partial charge is 0.454 e. The lowest BCUT2D eigenvalue weighted by molar-refractivity contribution is 0.442. The summed E-state index contributed by atoms with van der Waals surface area (Å²) >= 11 is 0. The van der Waals surface area contributed by atoms with Gasteiger partial charge in [0.1, 0.15) is 17.1 Å². The minimum absolute atomic E-state index is 0.0189. The van der Waals surface area contributed by atoms with E-state index in [1.807, 2.05) is 18.2 Å². The average molecular weight is 437 g/mol. The van der Waals surface area contributed by atoms with Crippen molar-refractivity contribution in [1.82, 2.24) is 15.0 Å². The molecule has 0 spiro atoms. The fourth-order valence-corrected chi connectivity index (χ4v) is 3.72. The van der Waals surface area contributed by atoms with Crippen LogP contribution in [0.1, 0.15) is 20.8 Å². The molecule has 0 saturated carbocycles. The van der Waals surface area contributed by atoms with Crippen LogP contribution in [-0.4, -0.2) is 36.2 Å². The van der Waals surface area contributed by atoms with E-state index in [2.05, 4.69) is 41.0 Å². The molecule has 0 fully saturated rings. The van der Waals surface area contributed by atoms with E-state index in [-0.39, 0.29) is 10.4 Å². The third kappa shape index (κ3) is 4.74. The molecule has 0 radical (unpaired) electrons. The first-order valence-electron chi connectivity index (χ1n) is 9.85. The molecule has 0 atom stereocenters. The van der Waals surface area contributed by atoms with Crippen molar-refractivity contribution in [2.24, 2.45) is 5.41 Å². The van der Waals surface area contributed by atoms with E-state index in [0.29, 0.717) is 22.4 Å². The zero-order chi connectivity index (χ0) is 22.2. The van der Waals surface area contributed by atoms with Crippen LogP contribution in [0.3, 0.4) is 0 Å². The van der Waals surface area contributed by atoms with Gasteiger partial charge in [-0.1, -0.05) is 20.8 Å². The summed E-state index contributed by atoms with van der Waals surface area (Å²) in [6.07, 6.45) is 6.04. The number of furan rings is 1. The summed E-state index contributed by atoms with van der Waals surface area (Å²) < 4.78 is 30.0. The molecule has 0 bridgehead atoms. The van der Waals surface area contributed by atoms with Gasteiger partial charge in [-0.2, -0.15) is 0 Å². The quantitative estimate of drug-likeness (QED) is 0.479. The molecule has 4 heterocycles. The predicted octanol–water partition coefficient (Wildman–Crippen LogP) is 4.81. The number of anilines is 1. The Kier molecular flexibility index (Phi) is 5.26. The number of hydrogen-bond donors (Lipinski definition) is 1. The standard InChI is InChI=1S/C23H24N4O3S/c1-23(2,3)14-27-20-11-16(6-8-25-20)19-13-18-22(30-19)17(7-10-24-18)15-5-9-26-21(12-15)31(4,28)29/h5-13H,14H2,1-4H3,(H,25,27). The van der Waals surface area contributed by atoms with E-state index in [1.165, 1.54) is 6.20 Å². The van der Waals surface area contributed by atoms with Gasteiger partial charge in [-0.3, -0.25) is 4.98 Å². The summed E-state index contributed by atoms with van der Waals surface area (Å²) in [6, 6.07) is 10.8. The van der Waals surface area contributed by atoms with Gasteiger partial charge in [0.2, 0.25) is 0 Å². The number of hydrogen-bond acceptors (Lipinski definition) is 7. The number of pyridine rings is 3. The Hall–Kier alpha value is -3.26. The van der Waals surface area contributed by atoms with Gasteiger partial charge in [0.05, 0.1) is 0 Å². The first-order chi connectivity index (χ1) is 14.6. The molecule has 0 aliphatic carbocycles. The first kappa shape index (κ1) is 21.0. The van der Waals surface area contributed by atoms with Gasteiger partial charge in [-0.05, 0) is 41.3 Å².